The second kappa shape index (κ2) is 10.3. The maximum absolute atomic E-state index is 13.5. The summed E-state index contributed by atoms with van der Waals surface area (Å²) < 4.78 is 20.5. The Labute approximate surface area is 197 Å². The lowest BCUT2D eigenvalue weighted by molar-refractivity contribution is 0.0928. The van der Waals surface area contributed by atoms with Crippen LogP contribution < -0.4 is 10.6 Å². The van der Waals surface area contributed by atoms with Crippen molar-refractivity contribution in [3.05, 3.63) is 101 Å². The molecule has 0 atom stereocenters. The number of methoxy groups -OCH3 is 1. The highest BCUT2D eigenvalue weighted by Crippen LogP contribution is 2.25. The van der Waals surface area contributed by atoms with Crippen molar-refractivity contribution >= 4 is 28.4 Å². The van der Waals surface area contributed by atoms with Crippen LogP contribution in [0, 0.1) is 12.7 Å². The molecule has 4 rings (SSSR count). The number of hydrogen-bond donors (Lipinski definition) is 2. The summed E-state index contributed by atoms with van der Waals surface area (Å²) in [6.07, 6.45) is 0. The largest absolute Gasteiger partial charge is 0.383 e. The van der Waals surface area contributed by atoms with E-state index in [2.05, 4.69) is 16.7 Å². The van der Waals surface area contributed by atoms with E-state index in [0.717, 1.165) is 22.0 Å². The second-order valence-electron chi connectivity index (χ2n) is 8.09. The summed E-state index contributed by atoms with van der Waals surface area (Å²) >= 11 is 0. The average Bonchev–Trinajstić information content (AvgIpc) is 3.17. The fourth-order valence-corrected chi connectivity index (χ4v) is 3.89. The predicted octanol–water partition coefficient (Wildman–Crippen LogP) is 4.77. The first kappa shape index (κ1) is 23.2. The van der Waals surface area contributed by atoms with Crippen LogP contribution in [-0.2, 0) is 11.3 Å². The molecule has 0 aliphatic rings. The topological polar surface area (TPSA) is 72.4 Å². The highest BCUT2D eigenvalue weighted by Gasteiger charge is 2.17. The standard InChI is InChI=1S/C27H26FN3O3/c1-18-5-3-6-19(13-18)17-31-24-10-9-23(30-26(32)20-7-4-8-22(28)14-20)15-21(24)16-25(31)27(33)29-11-12-34-2/h3-10,13-16H,11-12,17H2,1-2H3,(H,29,33)(H,30,32). The third kappa shape index (κ3) is 5.32. The van der Waals surface area contributed by atoms with Crippen LogP contribution >= 0.6 is 0 Å². The first-order chi connectivity index (χ1) is 16.4. The molecule has 0 radical (unpaired) electrons. The van der Waals surface area contributed by atoms with Crippen molar-refractivity contribution in [2.75, 3.05) is 25.6 Å². The van der Waals surface area contributed by atoms with Crippen molar-refractivity contribution in [2.45, 2.75) is 13.5 Å². The number of fused-ring (bicyclic) bond motifs is 1. The zero-order valence-electron chi connectivity index (χ0n) is 19.1. The maximum Gasteiger partial charge on any atom is 0.268 e. The van der Waals surface area contributed by atoms with E-state index < -0.39 is 11.7 Å². The van der Waals surface area contributed by atoms with Gasteiger partial charge in [-0.15, -0.1) is 0 Å². The van der Waals surface area contributed by atoms with Gasteiger partial charge < -0.3 is 19.9 Å². The number of benzene rings is 3. The molecule has 6 nitrogen and oxygen atoms in total. The van der Waals surface area contributed by atoms with Crippen molar-refractivity contribution in [3.8, 4) is 0 Å². The van der Waals surface area contributed by atoms with Crippen LogP contribution in [0.5, 0.6) is 0 Å². The van der Waals surface area contributed by atoms with Crippen LogP contribution in [0.2, 0.25) is 0 Å². The van der Waals surface area contributed by atoms with E-state index in [4.69, 9.17) is 4.74 Å². The number of halogens is 1. The van der Waals surface area contributed by atoms with E-state index in [1.807, 2.05) is 47.9 Å². The number of aryl methyl sites for hydroxylation is 1. The maximum atomic E-state index is 13.5. The molecule has 0 bridgehead atoms. The molecule has 2 N–H and O–H groups in total. The molecule has 0 saturated carbocycles. The Morgan fingerprint density at radius 3 is 2.56 bits per heavy atom. The third-order valence-electron chi connectivity index (χ3n) is 5.49. The Morgan fingerprint density at radius 2 is 1.79 bits per heavy atom. The van der Waals surface area contributed by atoms with E-state index >= 15 is 0 Å². The van der Waals surface area contributed by atoms with Gasteiger partial charge in [-0.25, -0.2) is 4.39 Å². The molecular formula is C27H26FN3O3. The Balaban J connectivity index is 1.67. The predicted molar refractivity (Wildman–Crippen MR) is 131 cm³/mol. The monoisotopic (exact) mass is 459 g/mol. The lowest BCUT2D eigenvalue weighted by atomic mass is 10.1. The number of nitrogens with one attached hydrogen (secondary N) is 2. The molecule has 4 aromatic rings. The Hall–Kier alpha value is -3.97. The normalized spacial score (nSPS) is 10.9. The van der Waals surface area contributed by atoms with E-state index in [1.165, 1.54) is 18.2 Å². The summed E-state index contributed by atoms with van der Waals surface area (Å²) in [5.74, 6) is -1.08. The van der Waals surface area contributed by atoms with Gasteiger partial charge in [0.15, 0.2) is 0 Å². The SMILES string of the molecule is COCCNC(=O)c1cc2cc(NC(=O)c3cccc(F)c3)ccc2n1Cc1cccc(C)c1. The molecular weight excluding hydrogens is 433 g/mol. The van der Waals surface area contributed by atoms with Crippen LogP contribution in [0.4, 0.5) is 10.1 Å². The number of ether oxygens (including phenoxy) is 1. The molecule has 174 valence electrons. The molecule has 0 aliphatic heterocycles. The summed E-state index contributed by atoms with van der Waals surface area (Å²) in [6.45, 7) is 3.37. The number of aromatic nitrogens is 1. The third-order valence-corrected chi connectivity index (χ3v) is 5.49. The number of carbonyl (C=O) groups is 2. The average molecular weight is 460 g/mol. The summed E-state index contributed by atoms with van der Waals surface area (Å²) in [5, 5.41) is 6.49. The molecule has 0 spiro atoms. The van der Waals surface area contributed by atoms with E-state index in [0.29, 0.717) is 31.1 Å². The summed E-state index contributed by atoms with van der Waals surface area (Å²) in [6, 6.07) is 20.9. The summed E-state index contributed by atoms with van der Waals surface area (Å²) in [4.78, 5) is 25.5. The molecule has 3 aromatic carbocycles. The number of rotatable bonds is 8. The van der Waals surface area contributed by atoms with Crippen LogP contribution in [-0.4, -0.2) is 36.6 Å². The second-order valence-corrected chi connectivity index (χ2v) is 8.09. The zero-order valence-corrected chi connectivity index (χ0v) is 19.1. The lowest BCUT2D eigenvalue weighted by Crippen LogP contribution is -2.29. The van der Waals surface area contributed by atoms with Gasteiger partial charge in [0.25, 0.3) is 11.8 Å². The van der Waals surface area contributed by atoms with Crippen molar-refractivity contribution < 1.29 is 18.7 Å². The van der Waals surface area contributed by atoms with Gasteiger partial charge in [-0.3, -0.25) is 9.59 Å². The molecule has 34 heavy (non-hydrogen) atoms. The van der Waals surface area contributed by atoms with Crippen molar-refractivity contribution in [3.63, 3.8) is 0 Å². The van der Waals surface area contributed by atoms with Gasteiger partial charge in [0.1, 0.15) is 11.5 Å². The molecule has 7 heteroatoms. The van der Waals surface area contributed by atoms with Gasteiger partial charge in [-0.2, -0.15) is 0 Å². The zero-order chi connectivity index (χ0) is 24.1. The highest BCUT2D eigenvalue weighted by molar-refractivity contribution is 6.06. The van der Waals surface area contributed by atoms with E-state index in [9.17, 15) is 14.0 Å². The molecule has 0 aliphatic carbocycles. The van der Waals surface area contributed by atoms with E-state index in [-0.39, 0.29) is 11.5 Å². The lowest BCUT2D eigenvalue weighted by Gasteiger charge is -2.12. The Morgan fingerprint density at radius 1 is 0.971 bits per heavy atom. The van der Waals surface area contributed by atoms with Crippen molar-refractivity contribution in [1.82, 2.24) is 9.88 Å². The molecule has 0 fully saturated rings. The van der Waals surface area contributed by atoms with Crippen LogP contribution in [0.15, 0.2) is 72.8 Å². The van der Waals surface area contributed by atoms with Crippen molar-refractivity contribution in [2.24, 2.45) is 0 Å². The first-order valence-corrected chi connectivity index (χ1v) is 11.0. The van der Waals surface area contributed by atoms with Gasteiger partial charge >= 0.3 is 0 Å². The Bertz CT molecular complexity index is 1350. The molecule has 1 aromatic heterocycles. The molecule has 1 heterocycles. The fourth-order valence-electron chi connectivity index (χ4n) is 3.89. The summed E-state index contributed by atoms with van der Waals surface area (Å²) in [7, 11) is 1.58. The number of amides is 2. The van der Waals surface area contributed by atoms with Crippen LogP contribution in [0.25, 0.3) is 10.9 Å². The van der Waals surface area contributed by atoms with Gasteiger partial charge in [-0.1, -0.05) is 35.9 Å². The fraction of sp³-hybridized carbons (Fsp3) is 0.185. The Kier molecular flexibility index (Phi) is 7.04. The van der Waals surface area contributed by atoms with Crippen LogP contribution in [0.1, 0.15) is 32.0 Å². The molecule has 2 amide bonds. The van der Waals surface area contributed by atoms with E-state index in [1.54, 1.807) is 19.2 Å². The first-order valence-electron chi connectivity index (χ1n) is 11.0. The molecule has 0 saturated heterocycles. The number of anilines is 1. The number of carbonyl (C=O) groups excluding carboxylic acids is 2. The van der Waals surface area contributed by atoms with Gasteiger partial charge in [0.2, 0.25) is 0 Å². The minimum absolute atomic E-state index is 0.203. The van der Waals surface area contributed by atoms with Gasteiger partial charge in [0, 0.05) is 42.4 Å². The van der Waals surface area contributed by atoms with Gasteiger partial charge in [-0.05, 0) is 55.0 Å². The van der Waals surface area contributed by atoms with Gasteiger partial charge in [0.05, 0.1) is 6.61 Å². The minimum atomic E-state index is -0.472. The summed E-state index contributed by atoms with van der Waals surface area (Å²) in [5.41, 5.74) is 4.38. The van der Waals surface area contributed by atoms with Crippen molar-refractivity contribution in [1.29, 1.82) is 0 Å². The molecule has 0 unspecified atom stereocenters. The minimum Gasteiger partial charge on any atom is -0.383 e. The number of hydrogen-bond acceptors (Lipinski definition) is 3. The highest BCUT2D eigenvalue weighted by atomic mass is 19.1. The smallest absolute Gasteiger partial charge is 0.268 e. The quantitative estimate of drug-likeness (QED) is 0.373. The number of nitrogens with zero attached hydrogens (tertiary/aromatic N) is 1. The van der Waals surface area contributed by atoms with Crippen LogP contribution in [0.3, 0.4) is 0 Å².